The second-order valence-corrected chi connectivity index (χ2v) is 7.91. The van der Waals surface area contributed by atoms with Crippen molar-refractivity contribution >= 4 is 23.6 Å². The second kappa shape index (κ2) is 6.79. The Kier molecular flexibility index (Phi) is 4.48. The van der Waals surface area contributed by atoms with Crippen molar-refractivity contribution in [2.45, 2.75) is 36.6 Å². The zero-order chi connectivity index (χ0) is 18.3. The number of benzene rings is 1. The van der Waals surface area contributed by atoms with Crippen LogP contribution in [0.3, 0.4) is 0 Å². The lowest BCUT2D eigenvalue weighted by atomic mass is 9.97. The summed E-state index contributed by atoms with van der Waals surface area (Å²) in [6.07, 6.45) is 3.02. The molecule has 0 spiro atoms. The molecule has 0 bridgehead atoms. The summed E-state index contributed by atoms with van der Waals surface area (Å²) < 4.78 is 1.81. The van der Waals surface area contributed by atoms with Gasteiger partial charge in [-0.05, 0) is 31.4 Å². The SMILES string of the molecule is Cc1c(C(=O)O)cnn1C1CCN(C(=O)C2CSc3ccccc32)CC1. The van der Waals surface area contributed by atoms with Crippen LogP contribution in [0.25, 0.3) is 0 Å². The minimum Gasteiger partial charge on any atom is -0.478 e. The third-order valence-electron chi connectivity index (χ3n) is 5.40. The molecule has 3 heterocycles. The molecule has 1 aromatic heterocycles. The van der Waals surface area contributed by atoms with Crippen LogP contribution in [0.2, 0.25) is 0 Å². The highest BCUT2D eigenvalue weighted by Crippen LogP contribution is 2.40. The predicted octanol–water partition coefficient (Wildman–Crippen LogP) is 2.94. The second-order valence-electron chi connectivity index (χ2n) is 6.85. The Hall–Kier alpha value is -2.28. The van der Waals surface area contributed by atoms with Gasteiger partial charge in [-0.1, -0.05) is 18.2 Å². The number of piperidine rings is 1. The highest BCUT2D eigenvalue weighted by molar-refractivity contribution is 7.99. The van der Waals surface area contributed by atoms with E-state index in [1.807, 2.05) is 21.7 Å². The fourth-order valence-electron chi connectivity index (χ4n) is 3.92. The Balaban J connectivity index is 1.43. The monoisotopic (exact) mass is 371 g/mol. The number of thioether (sulfide) groups is 1. The third-order valence-corrected chi connectivity index (χ3v) is 6.58. The van der Waals surface area contributed by atoms with Crippen LogP contribution in [0.4, 0.5) is 0 Å². The zero-order valence-electron chi connectivity index (χ0n) is 14.6. The van der Waals surface area contributed by atoms with E-state index in [-0.39, 0.29) is 23.4 Å². The van der Waals surface area contributed by atoms with Crippen molar-refractivity contribution in [1.82, 2.24) is 14.7 Å². The van der Waals surface area contributed by atoms with Gasteiger partial charge >= 0.3 is 5.97 Å². The molecule has 0 saturated carbocycles. The van der Waals surface area contributed by atoms with Gasteiger partial charge in [0.05, 0.1) is 23.9 Å². The van der Waals surface area contributed by atoms with E-state index in [2.05, 4.69) is 17.2 Å². The maximum Gasteiger partial charge on any atom is 0.339 e. The van der Waals surface area contributed by atoms with Crippen molar-refractivity contribution in [3.05, 3.63) is 47.3 Å². The van der Waals surface area contributed by atoms with Crippen LogP contribution in [0.1, 0.15) is 46.4 Å². The van der Waals surface area contributed by atoms with E-state index in [0.29, 0.717) is 18.8 Å². The van der Waals surface area contributed by atoms with Gasteiger partial charge in [0.15, 0.2) is 0 Å². The molecule has 1 N–H and O–H groups in total. The van der Waals surface area contributed by atoms with E-state index in [1.165, 1.54) is 11.1 Å². The number of aromatic carboxylic acids is 1. The first-order valence-electron chi connectivity index (χ1n) is 8.84. The summed E-state index contributed by atoms with van der Waals surface area (Å²) in [5.41, 5.74) is 2.09. The third kappa shape index (κ3) is 2.90. The van der Waals surface area contributed by atoms with Gasteiger partial charge in [-0.3, -0.25) is 9.48 Å². The Morgan fingerprint density at radius 3 is 2.65 bits per heavy atom. The number of hydrogen-bond donors (Lipinski definition) is 1. The molecule has 0 radical (unpaired) electrons. The van der Waals surface area contributed by atoms with Crippen LogP contribution < -0.4 is 0 Å². The highest BCUT2D eigenvalue weighted by atomic mass is 32.2. The van der Waals surface area contributed by atoms with Gasteiger partial charge < -0.3 is 10.0 Å². The molecule has 2 aromatic rings. The predicted molar refractivity (Wildman–Crippen MR) is 98.7 cm³/mol. The molecule has 2 aliphatic heterocycles. The van der Waals surface area contributed by atoms with Crippen molar-refractivity contribution in [2.24, 2.45) is 0 Å². The van der Waals surface area contributed by atoms with Gasteiger partial charge in [-0.2, -0.15) is 5.10 Å². The minimum atomic E-state index is -0.946. The van der Waals surface area contributed by atoms with Gasteiger partial charge in [0.2, 0.25) is 5.91 Å². The van der Waals surface area contributed by atoms with E-state index in [0.717, 1.165) is 24.2 Å². The Morgan fingerprint density at radius 2 is 1.96 bits per heavy atom. The summed E-state index contributed by atoms with van der Waals surface area (Å²) in [6, 6.07) is 8.31. The molecule has 1 saturated heterocycles. The molecule has 7 heteroatoms. The lowest BCUT2D eigenvalue weighted by molar-refractivity contribution is -0.133. The Labute approximate surface area is 156 Å². The van der Waals surface area contributed by atoms with Crippen LogP contribution in [0.15, 0.2) is 35.4 Å². The number of carboxylic acid groups (broad SMARTS) is 1. The normalized spacial score (nSPS) is 20.2. The van der Waals surface area contributed by atoms with Crippen LogP contribution in [0.5, 0.6) is 0 Å². The molecule has 1 amide bonds. The number of hydrogen-bond acceptors (Lipinski definition) is 4. The summed E-state index contributed by atoms with van der Waals surface area (Å²) in [4.78, 5) is 27.4. The van der Waals surface area contributed by atoms with Gasteiger partial charge in [0.25, 0.3) is 0 Å². The molecule has 1 fully saturated rings. The van der Waals surface area contributed by atoms with Crippen molar-refractivity contribution in [3.8, 4) is 0 Å². The molecule has 6 nitrogen and oxygen atoms in total. The number of nitrogens with zero attached hydrogens (tertiary/aromatic N) is 3. The van der Waals surface area contributed by atoms with Crippen molar-refractivity contribution in [2.75, 3.05) is 18.8 Å². The van der Waals surface area contributed by atoms with Gasteiger partial charge in [-0.15, -0.1) is 11.8 Å². The van der Waals surface area contributed by atoms with E-state index >= 15 is 0 Å². The molecule has 1 atom stereocenters. The molecule has 0 aliphatic carbocycles. The molecule has 1 aromatic carbocycles. The van der Waals surface area contributed by atoms with Gasteiger partial charge in [0, 0.05) is 23.7 Å². The fraction of sp³-hybridized carbons (Fsp3) is 0.421. The summed E-state index contributed by atoms with van der Waals surface area (Å²) in [6.45, 7) is 3.17. The standard InChI is InChI=1S/C19H21N3O3S/c1-12-15(19(24)25)10-20-22(12)13-6-8-21(9-7-13)18(23)16-11-26-17-5-3-2-4-14(16)17/h2-5,10,13,16H,6-9,11H2,1H3,(H,24,25). The number of fused-ring (bicyclic) bond motifs is 1. The average molecular weight is 371 g/mol. The van der Waals surface area contributed by atoms with Crippen LogP contribution >= 0.6 is 11.8 Å². The largest absolute Gasteiger partial charge is 0.478 e. The first kappa shape index (κ1) is 17.1. The van der Waals surface area contributed by atoms with Gasteiger partial charge in [-0.25, -0.2) is 4.79 Å². The molecule has 1 unspecified atom stereocenters. The average Bonchev–Trinajstić information content (AvgIpc) is 3.25. The lowest BCUT2D eigenvalue weighted by Gasteiger charge is -2.34. The number of likely N-dealkylation sites (tertiary alicyclic amines) is 1. The highest BCUT2D eigenvalue weighted by Gasteiger charge is 2.34. The van der Waals surface area contributed by atoms with Crippen molar-refractivity contribution in [1.29, 1.82) is 0 Å². The topological polar surface area (TPSA) is 75.4 Å². The number of amides is 1. The first-order chi connectivity index (χ1) is 12.6. The number of carbonyl (C=O) groups excluding carboxylic acids is 1. The first-order valence-corrected chi connectivity index (χ1v) is 9.82. The number of rotatable bonds is 3. The van der Waals surface area contributed by atoms with E-state index in [9.17, 15) is 14.7 Å². The Bertz CT molecular complexity index is 855. The molecule has 2 aliphatic rings. The summed E-state index contributed by atoms with van der Waals surface area (Å²) in [5, 5.41) is 13.5. The zero-order valence-corrected chi connectivity index (χ0v) is 15.4. The van der Waals surface area contributed by atoms with E-state index in [1.54, 1.807) is 18.7 Å². The maximum atomic E-state index is 13.0. The fourth-order valence-corrected chi connectivity index (χ4v) is 5.14. The molecular weight excluding hydrogens is 350 g/mol. The molecule has 4 rings (SSSR count). The van der Waals surface area contributed by atoms with Gasteiger partial charge in [0.1, 0.15) is 5.56 Å². The smallest absolute Gasteiger partial charge is 0.339 e. The quantitative estimate of drug-likeness (QED) is 0.898. The lowest BCUT2D eigenvalue weighted by Crippen LogP contribution is -2.42. The number of carbonyl (C=O) groups is 2. The van der Waals surface area contributed by atoms with Crippen LogP contribution in [-0.2, 0) is 4.79 Å². The van der Waals surface area contributed by atoms with Crippen molar-refractivity contribution in [3.63, 3.8) is 0 Å². The van der Waals surface area contributed by atoms with E-state index in [4.69, 9.17) is 0 Å². The van der Waals surface area contributed by atoms with Crippen LogP contribution in [0, 0.1) is 6.92 Å². The summed E-state index contributed by atoms with van der Waals surface area (Å²) in [5.74, 6) is 0.0408. The maximum absolute atomic E-state index is 13.0. The summed E-state index contributed by atoms with van der Waals surface area (Å²) >= 11 is 1.76. The molecule has 26 heavy (non-hydrogen) atoms. The van der Waals surface area contributed by atoms with Crippen LogP contribution in [-0.4, -0.2) is 50.5 Å². The Morgan fingerprint density at radius 1 is 1.23 bits per heavy atom. The molecule has 136 valence electrons. The minimum absolute atomic E-state index is 0.0437. The van der Waals surface area contributed by atoms with Crippen molar-refractivity contribution < 1.29 is 14.7 Å². The molecular formula is C19H21N3O3S. The van der Waals surface area contributed by atoms with E-state index < -0.39 is 5.97 Å². The number of carboxylic acids is 1. The number of aromatic nitrogens is 2. The summed E-state index contributed by atoms with van der Waals surface area (Å²) in [7, 11) is 0.